The summed E-state index contributed by atoms with van der Waals surface area (Å²) in [6.45, 7) is 0.144. The Labute approximate surface area is 78.2 Å². The number of hydrogen-bond donors (Lipinski definition) is 2. The number of nitrogens with two attached hydrogens (primary N) is 1. The Morgan fingerprint density at radius 1 is 1.73 bits per heavy atom. The smallest absolute Gasteiger partial charge is 0.0449 e. The number of aliphatic hydroxyl groups is 1. The molecule has 3 N–H and O–H groups in total. The lowest BCUT2D eigenvalue weighted by Crippen LogP contribution is -2.10. The number of rotatable bonds is 3. The monoisotopic (exact) mass is 235 g/mol. The Balaban J connectivity index is 2.67. The third kappa shape index (κ3) is 2.27. The molecule has 0 aromatic carbocycles. The van der Waals surface area contributed by atoms with Gasteiger partial charge >= 0.3 is 0 Å². The van der Waals surface area contributed by atoms with Crippen molar-refractivity contribution in [3.8, 4) is 0 Å². The Kier molecular flexibility index (Phi) is 3.51. The van der Waals surface area contributed by atoms with Gasteiger partial charge in [0.05, 0.1) is 0 Å². The summed E-state index contributed by atoms with van der Waals surface area (Å²) in [6, 6.07) is 1.94. The van der Waals surface area contributed by atoms with Gasteiger partial charge in [-0.15, -0.1) is 11.3 Å². The van der Waals surface area contributed by atoms with Crippen LogP contribution in [-0.4, -0.2) is 11.7 Å². The minimum atomic E-state index is -0.0330. The van der Waals surface area contributed by atoms with Crippen LogP contribution in [-0.2, 0) is 0 Å². The van der Waals surface area contributed by atoms with Crippen molar-refractivity contribution in [3.63, 3.8) is 0 Å². The van der Waals surface area contributed by atoms with E-state index in [1.807, 2.05) is 11.4 Å². The first kappa shape index (κ1) is 9.19. The molecule has 1 unspecified atom stereocenters. The molecule has 0 bridgehead atoms. The standard InChI is InChI=1S/C7H10BrNOS/c8-5-2-4-11-7(5)6(9)1-3-10/h2,4,6,10H,1,3,9H2. The maximum absolute atomic E-state index is 8.64. The molecule has 0 saturated heterocycles. The average molecular weight is 236 g/mol. The molecule has 0 amide bonds. The zero-order chi connectivity index (χ0) is 8.27. The quantitative estimate of drug-likeness (QED) is 0.841. The maximum atomic E-state index is 8.64. The van der Waals surface area contributed by atoms with E-state index in [0.29, 0.717) is 6.42 Å². The minimum absolute atomic E-state index is 0.0330. The maximum Gasteiger partial charge on any atom is 0.0449 e. The van der Waals surface area contributed by atoms with Crippen LogP contribution in [0, 0.1) is 0 Å². The number of aliphatic hydroxyl groups excluding tert-OH is 1. The van der Waals surface area contributed by atoms with Crippen LogP contribution >= 0.6 is 27.3 Å². The molecular formula is C7H10BrNOS. The summed E-state index contributed by atoms with van der Waals surface area (Å²) in [6.07, 6.45) is 0.624. The van der Waals surface area contributed by atoms with Crippen molar-refractivity contribution in [2.24, 2.45) is 5.73 Å². The molecule has 0 aliphatic carbocycles. The van der Waals surface area contributed by atoms with Crippen molar-refractivity contribution in [1.82, 2.24) is 0 Å². The Hall–Kier alpha value is 0.100. The fourth-order valence-corrected chi connectivity index (χ4v) is 2.55. The third-order valence-corrected chi connectivity index (χ3v) is 3.42. The summed E-state index contributed by atoms with van der Waals surface area (Å²) in [5, 5.41) is 10.6. The van der Waals surface area contributed by atoms with E-state index in [4.69, 9.17) is 10.8 Å². The molecule has 62 valence electrons. The fourth-order valence-electron chi connectivity index (χ4n) is 0.840. The number of halogens is 1. The fraction of sp³-hybridized carbons (Fsp3) is 0.429. The van der Waals surface area contributed by atoms with Gasteiger partial charge < -0.3 is 10.8 Å². The van der Waals surface area contributed by atoms with Crippen molar-refractivity contribution in [2.45, 2.75) is 12.5 Å². The van der Waals surface area contributed by atoms with Crippen LogP contribution in [0.15, 0.2) is 15.9 Å². The van der Waals surface area contributed by atoms with Crippen molar-refractivity contribution in [2.75, 3.05) is 6.61 Å². The van der Waals surface area contributed by atoms with E-state index in [0.717, 1.165) is 9.35 Å². The van der Waals surface area contributed by atoms with Gasteiger partial charge in [0.1, 0.15) is 0 Å². The van der Waals surface area contributed by atoms with Crippen LogP contribution in [0.5, 0.6) is 0 Å². The molecule has 11 heavy (non-hydrogen) atoms. The Morgan fingerprint density at radius 2 is 2.45 bits per heavy atom. The van der Waals surface area contributed by atoms with Crippen LogP contribution in [0.4, 0.5) is 0 Å². The van der Waals surface area contributed by atoms with Crippen LogP contribution in [0.2, 0.25) is 0 Å². The summed E-state index contributed by atoms with van der Waals surface area (Å²) in [4.78, 5) is 1.11. The van der Waals surface area contributed by atoms with Gasteiger partial charge in [-0.1, -0.05) is 0 Å². The van der Waals surface area contributed by atoms with Crippen molar-refractivity contribution in [3.05, 3.63) is 20.8 Å². The van der Waals surface area contributed by atoms with Gasteiger partial charge in [-0.3, -0.25) is 0 Å². The second kappa shape index (κ2) is 4.21. The highest BCUT2D eigenvalue weighted by Gasteiger charge is 2.09. The minimum Gasteiger partial charge on any atom is -0.396 e. The Morgan fingerprint density at radius 3 is 2.91 bits per heavy atom. The van der Waals surface area contributed by atoms with E-state index in [1.165, 1.54) is 0 Å². The van der Waals surface area contributed by atoms with Crippen molar-refractivity contribution >= 4 is 27.3 Å². The highest BCUT2D eigenvalue weighted by atomic mass is 79.9. The molecule has 0 aliphatic heterocycles. The van der Waals surface area contributed by atoms with Crippen LogP contribution in [0.3, 0.4) is 0 Å². The van der Waals surface area contributed by atoms with Crippen molar-refractivity contribution < 1.29 is 5.11 Å². The summed E-state index contributed by atoms with van der Waals surface area (Å²) in [5.41, 5.74) is 5.77. The number of hydrogen-bond acceptors (Lipinski definition) is 3. The van der Waals surface area contributed by atoms with Gasteiger partial charge in [0.2, 0.25) is 0 Å². The van der Waals surface area contributed by atoms with E-state index in [1.54, 1.807) is 11.3 Å². The summed E-state index contributed by atoms with van der Waals surface area (Å²) in [7, 11) is 0. The van der Waals surface area contributed by atoms with E-state index >= 15 is 0 Å². The van der Waals surface area contributed by atoms with Gasteiger partial charge in [0.15, 0.2) is 0 Å². The second-order valence-electron chi connectivity index (χ2n) is 2.25. The first-order chi connectivity index (χ1) is 5.25. The third-order valence-electron chi connectivity index (χ3n) is 1.42. The molecule has 0 aliphatic rings. The topological polar surface area (TPSA) is 46.2 Å². The summed E-state index contributed by atoms with van der Waals surface area (Å²) >= 11 is 5.00. The molecule has 0 radical (unpaired) electrons. The normalized spacial score (nSPS) is 13.4. The highest BCUT2D eigenvalue weighted by molar-refractivity contribution is 9.10. The predicted molar refractivity (Wildman–Crippen MR) is 50.7 cm³/mol. The second-order valence-corrected chi connectivity index (χ2v) is 4.05. The van der Waals surface area contributed by atoms with Gasteiger partial charge in [-0.2, -0.15) is 0 Å². The number of thiophene rings is 1. The molecule has 4 heteroatoms. The Bertz CT molecular complexity index is 226. The lowest BCUT2D eigenvalue weighted by atomic mass is 10.2. The molecule has 0 fully saturated rings. The van der Waals surface area contributed by atoms with E-state index in [2.05, 4.69) is 15.9 Å². The van der Waals surface area contributed by atoms with Crippen LogP contribution < -0.4 is 5.73 Å². The molecule has 1 atom stereocenters. The molecule has 2 nitrogen and oxygen atoms in total. The highest BCUT2D eigenvalue weighted by Crippen LogP contribution is 2.28. The molecule has 1 aromatic heterocycles. The zero-order valence-electron chi connectivity index (χ0n) is 5.96. The molecular weight excluding hydrogens is 226 g/mol. The van der Waals surface area contributed by atoms with E-state index in [9.17, 15) is 0 Å². The van der Waals surface area contributed by atoms with Gasteiger partial charge in [-0.25, -0.2) is 0 Å². The van der Waals surface area contributed by atoms with E-state index in [-0.39, 0.29) is 12.6 Å². The largest absolute Gasteiger partial charge is 0.396 e. The molecule has 1 rings (SSSR count). The van der Waals surface area contributed by atoms with Crippen molar-refractivity contribution in [1.29, 1.82) is 0 Å². The zero-order valence-corrected chi connectivity index (χ0v) is 8.36. The van der Waals surface area contributed by atoms with Gasteiger partial charge in [0.25, 0.3) is 0 Å². The average Bonchev–Trinajstić information content (AvgIpc) is 2.36. The predicted octanol–water partition coefficient (Wildman–Crippen LogP) is 1.89. The lowest BCUT2D eigenvalue weighted by Gasteiger charge is -2.07. The summed E-state index contributed by atoms with van der Waals surface area (Å²) in [5.74, 6) is 0. The molecule has 1 heterocycles. The molecule has 1 aromatic rings. The lowest BCUT2D eigenvalue weighted by molar-refractivity contribution is 0.277. The summed E-state index contributed by atoms with van der Waals surface area (Å²) < 4.78 is 1.04. The van der Waals surface area contributed by atoms with Gasteiger partial charge in [0, 0.05) is 22.0 Å². The SMILES string of the molecule is NC(CCO)c1sccc1Br. The first-order valence-electron chi connectivity index (χ1n) is 3.35. The molecule has 0 saturated carbocycles. The van der Waals surface area contributed by atoms with Crippen LogP contribution in [0.1, 0.15) is 17.3 Å². The molecule has 0 spiro atoms. The van der Waals surface area contributed by atoms with E-state index < -0.39 is 0 Å². The van der Waals surface area contributed by atoms with Gasteiger partial charge in [-0.05, 0) is 33.8 Å². The first-order valence-corrected chi connectivity index (χ1v) is 5.02. The van der Waals surface area contributed by atoms with Crippen LogP contribution in [0.25, 0.3) is 0 Å².